The van der Waals surface area contributed by atoms with Crippen LogP contribution in [0.5, 0.6) is 0 Å². The van der Waals surface area contributed by atoms with E-state index in [0.717, 1.165) is 24.2 Å². The molecular weight excluding hydrogens is 248 g/mol. The number of para-hydroxylation sites is 1. The molecule has 0 amide bonds. The molecule has 0 radical (unpaired) electrons. The van der Waals surface area contributed by atoms with Gasteiger partial charge in [-0.1, -0.05) is 25.1 Å². The minimum absolute atomic E-state index is 0.235. The highest BCUT2D eigenvalue weighted by Crippen LogP contribution is 2.25. The Morgan fingerprint density at radius 2 is 2.05 bits per heavy atom. The van der Waals surface area contributed by atoms with E-state index in [4.69, 9.17) is 4.42 Å². The van der Waals surface area contributed by atoms with Gasteiger partial charge < -0.3 is 9.73 Å². The van der Waals surface area contributed by atoms with Gasteiger partial charge in [-0.25, -0.2) is 0 Å². The second kappa shape index (κ2) is 5.88. The summed E-state index contributed by atoms with van der Waals surface area (Å²) in [6.07, 6.45) is 4.45. The third-order valence-electron chi connectivity index (χ3n) is 3.49. The third kappa shape index (κ3) is 2.58. The number of benzene rings is 1. The summed E-state index contributed by atoms with van der Waals surface area (Å²) in [5, 5.41) is 4.74. The fourth-order valence-corrected chi connectivity index (χ4v) is 2.59. The van der Waals surface area contributed by atoms with Crippen LogP contribution in [0.2, 0.25) is 0 Å². The van der Waals surface area contributed by atoms with Crippen molar-refractivity contribution in [3.8, 4) is 0 Å². The van der Waals surface area contributed by atoms with Gasteiger partial charge in [0.1, 0.15) is 5.76 Å². The van der Waals surface area contributed by atoms with Gasteiger partial charge >= 0.3 is 0 Å². The maximum absolute atomic E-state index is 5.49. The van der Waals surface area contributed by atoms with Crippen LogP contribution in [0.15, 0.2) is 59.3 Å². The number of likely N-dealkylation sites (N-methyl/N-ethyl adjacent to an activating group) is 1. The molecule has 0 saturated carbocycles. The lowest BCUT2D eigenvalue weighted by molar-refractivity contribution is 0.456. The van der Waals surface area contributed by atoms with Crippen molar-refractivity contribution in [2.75, 3.05) is 6.54 Å². The van der Waals surface area contributed by atoms with E-state index < -0.39 is 0 Å². The fraction of sp³-hybridized carbons (Fsp3) is 0.235. The lowest BCUT2D eigenvalue weighted by atomic mass is 9.98. The van der Waals surface area contributed by atoms with Crippen molar-refractivity contribution in [1.82, 2.24) is 10.3 Å². The molecule has 0 aliphatic rings. The third-order valence-corrected chi connectivity index (χ3v) is 3.49. The van der Waals surface area contributed by atoms with Crippen molar-refractivity contribution in [1.29, 1.82) is 0 Å². The molecule has 3 rings (SSSR count). The van der Waals surface area contributed by atoms with Gasteiger partial charge in [0.2, 0.25) is 0 Å². The van der Waals surface area contributed by atoms with Crippen LogP contribution in [-0.4, -0.2) is 11.5 Å². The first-order valence-electron chi connectivity index (χ1n) is 6.98. The summed E-state index contributed by atoms with van der Waals surface area (Å²) >= 11 is 0. The highest BCUT2D eigenvalue weighted by Gasteiger charge is 2.15. The van der Waals surface area contributed by atoms with Gasteiger partial charge in [-0.2, -0.15) is 0 Å². The summed E-state index contributed by atoms with van der Waals surface area (Å²) in [5.74, 6) is 0.997. The van der Waals surface area contributed by atoms with E-state index in [9.17, 15) is 0 Å². The van der Waals surface area contributed by atoms with Crippen LogP contribution in [0.25, 0.3) is 10.9 Å². The smallest absolute Gasteiger partial charge is 0.105 e. The molecule has 0 aliphatic carbocycles. The van der Waals surface area contributed by atoms with Gasteiger partial charge in [0.25, 0.3) is 0 Å². The highest BCUT2D eigenvalue weighted by molar-refractivity contribution is 5.82. The second-order valence-electron chi connectivity index (χ2n) is 4.81. The number of nitrogens with one attached hydrogen (secondary N) is 1. The Morgan fingerprint density at radius 1 is 1.15 bits per heavy atom. The normalized spacial score (nSPS) is 12.7. The van der Waals surface area contributed by atoms with E-state index in [1.807, 2.05) is 24.4 Å². The van der Waals surface area contributed by atoms with Gasteiger partial charge in [0.15, 0.2) is 0 Å². The number of furan rings is 1. The van der Waals surface area contributed by atoms with Crippen LogP contribution in [0.1, 0.15) is 24.3 Å². The van der Waals surface area contributed by atoms with Crippen LogP contribution >= 0.6 is 0 Å². The lowest BCUT2D eigenvalue weighted by Gasteiger charge is -2.19. The fourth-order valence-electron chi connectivity index (χ4n) is 2.59. The predicted molar refractivity (Wildman–Crippen MR) is 80.6 cm³/mol. The Bertz CT molecular complexity index is 671. The Kier molecular flexibility index (Phi) is 3.79. The number of aromatic nitrogens is 1. The minimum atomic E-state index is 0.235. The Hall–Kier alpha value is -2.13. The van der Waals surface area contributed by atoms with Crippen molar-refractivity contribution < 1.29 is 4.42 Å². The van der Waals surface area contributed by atoms with Gasteiger partial charge in [-0.05, 0) is 36.4 Å². The molecule has 1 unspecified atom stereocenters. The maximum atomic E-state index is 5.49. The Balaban J connectivity index is 2.00. The number of hydrogen-bond acceptors (Lipinski definition) is 3. The van der Waals surface area contributed by atoms with E-state index >= 15 is 0 Å². The molecule has 0 bridgehead atoms. The summed E-state index contributed by atoms with van der Waals surface area (Å²) in [7, 11) is 0. The van der Waals surface area contributed by atoms with Crippen molar-refractivity contribution in [2.24, 2.45) is 0 Å². The number of pyridine rings is 1. The van der Waals surface area contributed by atoms with Crippen molar-refractivity contribution >= 4 is 10.9 Å². The summed E-state index contributed by atoms with van der Waals surface area (Å²) < 4.78 is 5.49. The second-order valence-corrected chi connectivity index (χ2v) is 4.81. The van der Waals surface area contributed by atoms with Gasteiger partial charge in [0, 0.05) is 24.0 Å². The zero-order chi connectivity index (χ0) is 13.8. The van der Waals surface area contributed by atoms with Crippen molar-refractivity contribution in [3.05, 3.63) is 66.2 Å². The van der Waals surface area contributed by atoms with E-state index in [-0.39, 0.29) is 6.04 Å². The van der Waals surface area contributed by atoms with Crippen LogP contribution in [0.3, 0.4) is 0 Å². The molecule has 20 heavy (non-hydrogen) atoms. The molecule has 3 heteroatoms. The Labute approximate surface area is 118 Å². The van der Waals surface area contributed by atoms with Gasteiger partial charge in [-0.15, -0.1) is 0 Å². The molecule has 0 saturated heterocycles. The molecule has 102 valence electrons. The summed E-state index contributed by atoms with van der Waals surface area (Å²) in [6, 6.07) is 14.5. The van der Waals surface area contributed by atoms with E-state index in [1.54, 1.807) is 6.26 Å². The molecule has 0 spiro atoms. The van der Waals surface area contributed by atoms with Crippen LogP contribution in [0, 0.1) is 0 Å². The van der Waals surface area contributed by atoms with Crippen molar-refractivity contribution in [3.63, 3.8) is 0 Å². The highest BCUT2D eigenvalue weighted by atomic mass is 16.3. The molecule has 3 aromatic rings. The standard InChI is InChI=1S/C17H18N2O/c1-2-18-17(12-13-6-5-11-20-13)15-9-10-19-16-8-4-3-7-14(15)16/h3-11,17-18H,2,12H2,1H3. The van der Waals surface area contributed by atoms with Crippen LogP contribution < -0.4 is 5.32 Å². The quantitative estimate of drug-likeness (QED) is 0.764. The summed E-state index contributed by atoms with van der Waals surface area (Å²) in [6.45, 7) is 3.04. The topological polar surface area (TPSA) is 38.1 Å². The number of rotatable bonds is 5. The molecule has 2 aromatic heterocycles. The average molecular weight is 266 g/mol. The summed E-state index contributed by atoms with van der Waals surface area (Å²) in [5.41, 5.74) is 2.31. The van der Waals surface area contributed by atoms with Crippen LogP contribution in [0.4, 0.5) is 0 Å². The molecule has 0 aliphatic heterocycles. The summed E-state index contributed by atoms with van der Waals surface area (Å²) in [4.78, 5) is 4.43. The number of fused-ring (bicyclic) bond motifs is 1. The Morgan fingerprint density at radius 3 is 2.85 bits per heavy atom. The zero-order valence-electron chi connectivity index (χ0n) is 11.5. The average Bonchev–Trinajstić information content (AvgIpc) is 2.99. The number of nitrogens with zero attached hydrogens (tertiary/aromatic N) is 1. The minimum Gasteiger partial charge on any atom is -0.469 e. The monoisotopic (exact) mass is 266 g/mol. The lowest BCUT2D eigenvalue weighted by Crippen LogP contribution is -2.23. The predicted octanol–water partition coefficient (Wildman–Crippen LogP) is 3.72. The van der Waals surface area contributed by atoms with Gasteiger partial charge in [0.05, 0.1) is 11.8 Å². The van der Waals surface area contributed by atoms with E-state index in [0.29, 0.717) is 0 Å². The van der Waals surface area contributed by atoms with Gasteiger partial charge in [-0.3, -0.25) is 4.98 Å². The van der Waals surface area contributed by atoms with E-state index in [2.05, 4.69) is 41.5 Å². The first-order valence-corrected chi connectivity index (χ1v) is 6.98. The molecule has 1 N–H and O–H groups in total. The number of hydrogen-bond donors (Lipinski definition) is 1. The largest absolute Gasteiger partial charge is 0.469 e. The molecule has 2 heterocycles. The SMILES string of the molecule is CCNC(Cc1ccco1)c1ccnc2ccccc12. The maximum Gasteiger partial charge on any atom is 0.105 e. The van der Waals surface area contributed by atoms with Crippen LogP contribution in [-0.2, 0) is 6.42 Å². The van der Waals surface area contributed by atoms with Crippen molar-refractivity contribution in [2.45, 2.75) is 19.4 Å². The molecule has 1 aromatic carbocycles. The molecule has 1 atom stereocenters. The molecule has 3 nitrogen and oxygen atoms in total. The molecular formula is C17H18N2O. The van der Waals surface area contributed by atoms with E-state index in [1.165, 1.54) is 10.9 Å². The first kappa shape index (κ1) is 12.9. The first-order chi connectivity index (χ1) is 9.88. The molecule has 0 fully saturated rings. The zero-order valence-corrected chi connectivity index (χ0v) is 11.5.